The minimum absolute atomic E-state index is 0.0303. The molecule has 1 aromatic rings. The maximum absolute atomic E-state index is 12.9. The Morgan fingerprint density at radius 1 is 1.16 bits per heavy atom. The first-order chi connectivity index (χ1) is 12.2. The molecule has 1 saturated heterocycles. The second-order valence-corrected chi connectivity index (χ2v) is 6.92. The van der Waals surface area contributed by atoms with Gasteiger partial charge in [0.15, 0.2) is 0 Å². The number of hydrogen-bond donors (Lipinski definition) is 0. The number of ether oxygens (including phenoxy) is 1. The first-order valence-corrected chi connectivity index (χ1v) is 9.44. The minimum Gasteiger partial charge on any atom is -0.472 e. The van der Waals surface area contributed by atoms with E-state index >= 15 is 0 Å². The van der Waals surface area contributed by atoms with Crippen molar-refractivity contribution in [2.24, 2.45) is 0 Å². The Bertz CT molecular complexity index is 566. The highest BCUT2D eigenvalue weighted by Crippen LogP contribution is 2.23. The van der Waals surface area contributed by atoms with E-state index in [0.717, 1.165) is 19.3 Å². The second kappa shape index (κ2) is 8.52. The van der Waals surface area contributed by atoms with Crippen molar-refractivity contribution in [3.05, 3.63) is 24.2 Å². The van der Waals surface area contributed by atoms with Crippen LogP contribution < -0.4 is 0 Å². The monoisotopic (exact) mass is 348 g/mol. The molecule has 25 heavy (non-hydrogen) atoms. The number of amides is 2. The second-order valence-electron chi connectivity index (χ2n) is 6.92. The Morgan fingerprint density at radius 3 is 2.56 bits per heavy atom. The maximum Gasteiger partial charge on any atom is 0.257 e. The van der Waals surface area contributed by atoms with Gasteiger partial charge in [0.05, 0.1) is 17.9 Å². The van der Waals surface area contributed by atoms with E-state index in [2.05, 4.69) is 0 Å². The van der Waals surface area contributed by atoms with Crippen molar-refractivity contribution in [2.45, 2.75) is 57.7 Å². The zero-order valence-electron chi connectivity index (χ0n) is 15.0. The molecule has 1 unspecified atom stereocenters. The van der Waals surface area contributed by atoms with E-state index in [9.17, 15) is 9.59 Å². The smallest absolute Gasteiger partial charge is 0.257 e. The van der Waals surface area contributed by atoms with Gasteiger partial charge in [-0.1, -0.05) is 19.8 Å². The van der Waals surface area contributed by atoms with Crippen molar-refractivity contribution in [3.8, 4) is 0 Å². The van der Waals surface area contributed by atoms with Crippen LogP contribution in [0.5, 0.6) is 0 Å². The van der Waals surface area contributed by atoms with E-state index in [1.807, 2.05) is 11.8 Å². The van der Waals surface area contributed by atoms with Crippen molar-refractivity contribution < 1.29 is 18.7 Å². The predicted octanol–water partition coefficient (Wildman–Crippen LogP) is 2.69. The van der Waals surface area contributed by atoms with Crippen molar-refractivity contribution in [2.75, 3.05) is 26.2 Å². The van der Waals surface area contributed by atoms with E-state index in [-0.39, 0.29) is 24.0 Å². The maximum atomic E-state index is 12.9. The van der Waals surface area contributed by atoms with Crippen LogP contribution in [0.2, 0.25) is 0 Å². The molecular weight excluding hydrogens is 320 g/mol. The van der Waals surface area contributed by atoms with E-state index < -0.39 is 0 Å². The number of carbonyl (C=O) groups excluding carboxylic acids is 2. The molecule has 1 aromatic heterocycles. The molecule has 6 heteroatoms. The number of carbonyl (C=O) groups is 2. The molecule has 2 amide bonds. The highest BCUT2D eigenvalue weighted by molar-refractivity contribution is 5.93. The normalized spacial score (nSPS) is 20.5. The van der Waals surface area contributed by atoms with Gasteiger partial charge in [-0.2, -0.15) is 0 Å². The molecule has 2 heterocycles. The number of rotatable bonds is 5. The molecule has 1 aliphatic carbocycles. The van der Waals surface area contributed by atoms with Gasteiger partial charge < -0.3 is 19.0 Å². The largest absolute Gasteiger partial charge is 0.472 e. The van der Waals surface area contributed by atoms with Crippen LogP contribution >= 0.6 is 0 Å². The predicted molar refractivity (Wildman–Crippen MR) is 93.2 cm³/mol. The number of nitrogens with zero attached hydrogens (tertiary/aromatic N) is 2. The SMILES string of the molecule is CCC(OC1CCCC1)C(=O)N1CCCN(C(=O)c2ccoc2)CC1. The highest BCUT2D eigenvalue weighted by Gasteiger charge is 2.30. The number of hydrogen-bond acceptors (Lipinski definition) is 4. The van der Waals surface area contributed by atoms with Crippen LogP contribution in [0.4, 0.5) is 0 Å². The number of furan rings is 1. The fraction of sp³-hybridized carbons (Fsp3) is 0.684. The summed E-state index contributed by atoms with van der Waals surface area (Å²) in [5.41, 5.74) is 0.566. The van der Waals surface area contributed by atoms with Crippen LogP contribution in [0.1, 0.15) is 55.8 Å². The average molecular weight is 348 g/mol. The molecule has 2 fully saturated rings. The zero-order valence-corrected chi connectivity index (χ0v) is 15.0. The van der Waals surface area contributed by atoms with Crippen molar-refractivity contribution in [3.63, 3.8) is 0 Å². The van der Waals surface area contributed by atoms with Crippen LogP contribution in [0.15, 0.2) is 23.0 Å². The van der Waals surface area contributed by atoms with Crippen molar-refractivity contribution in [1.82, 2.24) is 9.80 Å². The van der Waals surface area contributed by atoms with Crippen molar-refractivity contribution in [1.29, 1.82) is 0 Å². The van der Waals surface area contributed by atoms with Gasteiger partial charge in [0.1, 0.15) is 12.4 Å². The fourth-order valence-electron chi connectivity index (χ4n) is 3.70. The highest BCUT2D eigenvalue weighted by atomic mass is 16.5. The lowest BCUT2D eigenvalue weighted by molar-refractivity contribution is -0.147. The first-order valence-electron chi connectivity index (χ1n) is 9.44. The molecule has 0 radical (unpaired) electrons. The van der Waals surface area contributed by atoms with Gasteiger partial charge in [0.2, 0.25) is 0 Å². The molecule has 0 bridgehead atoms. The molecular formula is C19H28N2O4. The lowest BCUT2D eigenvalue weighted by atomic mass is 10.2. The zero-order chi connectivity index (χ0) is 17.6. The van der Waals surface area contributed by atoms with Gasteiger partial charge in [-0.25, -0.2) is 0 Å². The van der Waals surface area contributed by atoms with Crippen LogP contribution in [0.25, 0.3) is 0 Å². The van der Waals surface area contributed by atoms with Crippen LogP contribution in [-0.4, -0.2) is 60.0 Å². The quantitative estimate of drug-likeness (QED) is 0.821. The summed E-state index contributed by atoms with van der Waals surface area (Å²) in [5.74, 6) is 0.0457. The van der Waals surface area contributed by atoms with E-state index in [4.69, 9.17) is 9.15 Å². The van der Waals surface area contributed by atoms with Gasteiger partial charge >= 0.3 is 0 Å². The summed E-state index contributed by atoms with van der Waals surface area (Å²) in [6.07, 6.45) is 8.88. The molecule has 3 rings (SSSR count). The van der Waals surface area contributed by atoms with Crippen LogP contribution in [0.3, 0.4) is 0 Å². The Labute approximate surface area is 149 Å². The van der Waals surface area contributed by atoms with Crippen LogP contribution in [-0.2, 0) is 9.53 Å². The van der Waals surface area contributed by atoms with E-state index in [1.165, 1.54) is 25.4 Å². The summed E-state index contributed by atoms with van der Waals surface area (Å²) in [5, 5.41) is 0. The summed E-state index contributed by atoms with van der Waals surface area (Å²) in [6, 6.07) is 1.68. The molecule has 0 spiro atoms. The van der Waals surface area contributed by atoms with Gasteiger partial charge in [-0.15, -0.1) is 0 Å². The third kappa shape index (κ3) is 4.42. The fourth-order valence-corrected chi connectivity index (χ4v) is 3.70. The molecule has 0 N–H and O–H groups in total. The van der Waals surface area contributed by atoms with Gasteiger partial charge in [-0.05, 0) is 31.7 Å². The summed E-state index contributed by atoms with van der Waals surface area (Å²) < 4.78 is 11.1. The Morgan fingerprint density at radius 2 is 1.88 bits per heavy atom. The molecule has 2 aliphatic rings. The molecule has 1 atom stereocenters. The molecule has 1 saturated carbocycles. The molecule has 0 aromatic carbocycles. The van der Waals surface area contributed by atoms with Gasteiger partial charge in [-0.3, -0.25) is 9.59 Å². The third-order valence-electron chi connectivity index (χ3n) is 5.17. The third-order valence-corrected chi connectivity index (χ3v) is 5.17. The standard InChI is InChI=1S/C19H28N2O4/c1-2-17(25-16-6-3-4-7-16)19(23)21-10-5-9-20(11-12-21)18(22)15-8-13-24-14-15/h8,13-14,16-17H,2-7,9-12H2,1H3. The molecule has 138 valence electrons. The Kier molecular flexibility index (Phi) is 6.13. The Balaban J connectivity index is 1.55. The van der Waals surface area contributed by atoms with Gasteiger partial charge in [0, 0.05) is 26.2 Å². The lowest BCUT2D eigenvalue weighted by Gasteiger charge is -2.27. The lowest BCUT2D eigenvalue weighted by Crippen LogP contribution is -2.43. The van der Waals surface area contributed by atoms with Crippen LogP contribution in [0, 0.1) is 0 Å². The Hall–Kier alpha value is -1.82. The topological polar surface area (TPSA) is 63.0 Å². The minimum atomic E-state index is -0.348. The van der Waals surface area contributed by atoms with Gasteiger partial charge in [0.25, 0.3) is 11.8 Å². The van der Waals surface area contributed by atoms with Crippen molar-refractivity contribution >= 4 is 11.8 Å². The molecule has 6 nitrogen and oxygen atoms in total. The summed E-state index contributed by atoms with van der Waals surface area (Å²) in [7, 11) is 0. The molecule has 1 aliphatic heterocycles. The summed E-state index contributed by atoms with van der Waals surface area (Å²) >= 11 is 0. The summed E-state index contributed by atoms with van der Waals surface area (Å²) in [4.78, 5) is 29.0. The first kappa shape index (κ1) is 18.0. The summed E-state index contributed by atoms with van der Waals surface area (Å²) in [6.45, 7) is 4.46. The average Bonchev–Trinajstić information content (AvgIpc) is 3.28. The van der Waals surface area contributed by atoms with E-state index in [1.54, 1.807) is 11.0 Å². The van der Waals surface area contributed by atoms with E-state index in [0.29, 0.717) is 38.2 Å².